The lowest BCUT2D eigenvalue weighted by molar-refractivity contribution is 0.646. The maximum Gasteiger partial charge on any atom is 0.0686 e. The fourth-order valence-electron chi connectivity index (χ4n) is 8.24. The van der Waals surface area contributed by atoms with Gasteiger partial charge in [0, 0.05) is 9.79 Å². The van der Waals surface area contributed by atoms with Gasteiger partial charge in [-0.25, -0.2) is 0 Å². The number of hydrogen-bond donors (Lipinski definition) is 2. The Morgan fingerprint density at radius 1 is 0.482 bits per heavy atom. The summed E-state index contributed by atoms with van der Waals surface area (Å²) in [4.78, 5) is 2.62. The minimum absolute atomic E-state index is 0.376. The zero-order valence-electron chi connectivity index (χ0n) is 31.0. The summed E-state index contributed by atoms with van der Waals surface area (Å²) in [6.07, 6.45) is 12.3. The van der Waals surface area contributed by atoms with Gasteiger partial charge in [0.05, 0.1) is 16.8 Å². The number of fused-ring (bicyclic) bond motifs is 2. The van der Waals surface area contributed by atoms with Crippen LogP contribution in [0.5, 0.6) is 0 Å². The zero-order chi connectivity index (χ0) is 37.9. The first-order chi connectivity index (χ1) is 27.6. The van der Waals surface area contributed by atoms with Crippen molar-refractivity contribution in [2.75, 3.05) is 0 Å². The van der Waals surface area contributed by atoms with E-state index >= 15 is 0 Å². The summed E-state index contributed by atoms with van der Waals surface area (Å²) >= 11 is 1.88. The number of rotatable bonds is 9. The van der Waals surface area contributed by atoms with Gasteiger partial charge in [0.1, 0.15) is 0 Å². The molecule has 0 spiro atoms. The molecule has 2 N–H and O–H groups in total. The van der Waals surface area contributed by atoms with Crippen LogP contribution in [-0.2, 0) is 5.41 Å². The van der Waals surface area contributed by atoms with Crippen LogP contribution in [0, 0.1) is 10.8 Å². The number of benzene rings is 7. The highest BCUT2D eigenvalue weighted by Crippen LogP contribution is 2.57. The molecule has 9 rings (SSSR count). The summed E-state index contributed by atoms with van der Waals surface area (Å²) in [5.74, 6) is 0. The molecule has 0 saturated carbocycles. The minimum Gasteiger partial charge on any atom is -0.300 e. The maximum absolute atomic E-state index is 8.61. The molecule has 1 unspecified atom stereocenters. The molecule has 56 heavy (non-hydrogen) atoms. The van der Waals surface area contributed by atoms with Gasteiger partial charge in [0.2, 0.25) is 0 Å². The average molecular weight is 737 g/mol. The molecule has 2 aliphatic rings. The standard InChI is InChI=1S/C53H40N2S/c54-49(38-14-4-1-5-15-38)31-32-50(55)39-28-26-37(27-29-39)40-16-12-17-41(34-40)42-18-13-19-43(35-42)44-30-33-52-48(36-44)53(45-20-6-2-7-21-45,46-22-8-3-9-23-46)47-24-10-11-25-51(47)56-52/h1-8,10-22,24-36,54-55H,9,23H2/b32-31-,54-49?,55-50?. The Bertz CT molecular complexity index is 2690. The Balaban J connectivity index is 1.04. The maximum atomic E-state index is 8.61. The highest BCUT2D eigenvalue weighted by molar-refractivity contribution is 7.99. The van der Waals surface area contributed by atoms with Crippen molar-refractivity contribution in [3.8, 4) is 33.4 Å². The van der Waals surface area contributed by atoms with E-state index in [1.807, 2.05) is 54.2 Å². The van der Waals surface area contributed by atoms with Crippen molar-refractivity contribution < 1.29 is 0 Å². The van der Waals surface area contributed by atoms with Gasteiger partial charge >= 0.3 is 0 Å². The lowest BCUT2D eigenvalue weighted by Gasteiger charge is -2.44. The molecule has 2 nitrogen and oxygen atoms in total. The molecule has 0 saturated heterocycles. The van der Waals surface area contributed by atoms with Crippen LogP contribution in [0.25, 0.3) is 33.4 Å². The van der Waals surface area contributed by atoms with Gasteiger partial charge in [-0.1, -0.05) is 181 Å². The van der Waals surface area contributed by atoms with E-state index in [9.17, 15) is 0 Å². The van der Waals surface area contributed by atoms with Crippen molar-refractivity contribution in [1.29, 1.82) is 10.8 Å². The van der Waals surface area contributed by atoms with Gasteiger partial charge in [-0.05, 0) is 117 Å². The van der Waals surface area contributed by atoms with Crippen molar-refractivity contribution in [3.05, 3.63) is 240 Å². The van der Waals surface area contributed by atoms with Crippen molar-refractivity contribution in [1.82, 2.24) is 0 Å². The lowest BCUT2D eigenvalue weighted by atomic mass is 9.62. The summed E-state index contributed by atoms with van der Waals surface area (Å²) in [5.41, 5.74) is 14.4. The van der Waals surface area contributed by atoms with Crippen LogP contribution < -0.4 is 0 Å². The van der Waals surface area contributed by atoms with E-state index in [2.05, 4.69) is 152 Å². The van der Waals surface area contributed by atoms with Crippen LogP contribution in [0.2, 0.25) is 0 Å². The van der Waals surface area contributed by atoms with Crippen LogP contribution in [0.4, 0.5) is 0 Å². The van der Waals surface area contributed by atoms with Gasteiger partial charge in [-0.3, -0.25) is 0 Å². The zero-order valence-corrected chi connectivity index (χ0v) is 31.8. The number of allylic oxidation sites excluding steroid dienone is 6. The van der Waals surface area contributed by atoms with Crippen LogP contribution in [-0.4, -0.2) is 11.4 Å². The average Bonchev–Trinajstić information content (AvgIpc) is 3.28. The fraction of sp³-hybridized carbons (Fsp3) is 0.0566. The molecule has 0 amide bonds. The summed E-state index contributed by atoms with van der Waals surface area (Å²) in [7, 11) is 0. The molecule has 0 radical (unpaired) electrons. The Labute approximate surface area is 333 Å². The first-order valence-electron chi connectivity index (χ1n) is 19.1. The predicted octanol–water partition coefficient (Wildman–Crippen LogP) is 13.8. The van der Waals surface area contributed by atoms with Crippen molar-refractivity contribution in [3.63, 3.8) is 0 Å². The summed E-state index contributed by atoms with van der Waals surface area (Å²) < 4.78 is 0. The highest BCUT2D eigenvalue weighted by atomic mass is 32.2. The molecular formula is C53H40N2S. The molecule has 7 aromatic rings. The van der Waals surface area contributed by atoms with Crippen LogP contribution in [0.15, 0.2) is 222 Å². The van der Waals surface area contributed by atoms with E-state index in [1.54, 1.807) is 12.2 Å². The molecule has 7 aromatic carbocycles. The van der Waals surface area contributed by atoms with E-state index in [4.69, 9.17) is 10.8 Å². The van der Waals surface area contributed by atoms with Crippen LogP contribution in [0.3, 0.4) is 0 Å². The Kier molecular flexibility index (Phi) is 9.61. The third-order valence-electron chi connectivity index (χ3n) is 11.0. The van der Waals surface area contributed by atoms with Crippen LogP contribution in [0.1, 0.15) is 40.7 Å². The first kappa shape index (κ1) is 35.2. The third-order valence-corrected chi connectivity index (χ3v) is 12.2. The molecular weight excluding hydrogens is 697 g/mol. The highest BCUT2D eigenvalue weighted by Gasteiger charge is 2.45. The van der Waals surface area contributed by atoms with E-state index in [1.165, 1.54) is 48.7 Å². The molecule has 1 aliphatic carbocycles. The van der Waals surface area contributed by atoms with Crippen molar-refractivity contribution >= 4 is 23.2 Å². The Morgan fingerprint density at radius 3 is 1.66 bits per heavy atom. The summed E-state index contributed by atoms with van der Waals surface area (Å²) in [6, 6.07) is 62.5. The van der Waals surface area contributed by atoms with E-state index < -0.39 is 0 Å². The molecule has 1 aliphatic heterocycles. The van der Waals surface area contributed by atoms with Gasteiger partial charge in [0.25, 0.3) is 0 Å². The smallest absolute Gasteiger partial charge is 0.0686 e. The SMILES string of the molecule is N=C(/C=C\C(=N)c1ccc(-c2cccc(-c3cccc(-c4ccc5c(c4)C(C4=CC=CCC4)(c4ccccc4)c4ccccc4S5)c3)c2)cc1)c1ccccc1. The Hall–Kier alpha value is -6.55. The first-order valence-corrected chi connectivity index (χ1v) is 20.0. The monoisotopic (exact) mass is 736 g/mol. The minimum atomic E-state index is -0.388. The predicted molar refractivity (Wildman–Crippen MR) is 235 cm³/mol. The summed E-state index contributed by atoms with van der Waals surface area (Å²) in [6.45, 7) is 0. The molecule has 268 valence electrons. The van der Waals surface area contributed by atoms with Gasteiger partial charge in [-0.2, -0.15) is 0 Å². The van der Waals surface area contributed by atoms with Crippen molar-refractivity contribution in [2.45, 2.75) is 28.0 Å². The fourth-order valence-corrected chi connectivity index (χ4v) is 9.41. The summed E-state index contributed by atoms with van der Waals surface area (Å²) in [5, 5.41) is 17.0. The normalized spacial score (nSPS) is 15.8. The van der Waals surface area contributed by atoms with Crippen LogP contribution >= 0.6 is 11.8 Å². The second kappa shape index (κ2) is 15.3. The van der Waals surface area contributed by atoms with E-state index in [-0.39, 0.29) is 5.41 Å². The molecule has 0 fully saturated rings. The van der Waals surface area contributed by atoms with Gasteiger partial charge in [-0.15, -0.1) is 0 Å². The third kappa shape index (κ3) is 6.61. The molecule has 0 bridgehead atoms. The Morgan fingerprint density at radius 2 is 1.02 bits per heavy atom. The molecule has 3 heteroatoms. The number of hydrogen-bond acceptors (Lipinski definition) is 3. The second-order valence-electron chi connectivity index (χ2n) is 14.3. The van der Waals surface area contributed by atoms with E-state index in [0.717, 1.165) is 40.7 Å². The molecule has 1 heterocycles. The van der Waals surface area contributed by atoms with E-state index in [0.29, 0.717) is 11.4 Å². The topological polar surface area (TPSA) is 47.7 Å². The quantitative estimate of drug-likeness (QED) is 0.142. The molecule has 0 aromatic heterocycles. The van der Waals surface area contributed by atoms with Crippen molar-refractivity contribution in [2.24, 2.45) is 0 Å². The lowest BCUT2D eigenvalue weighted by Crippen LogP contribution is -2.35. The number of nitrogens with one attached hydrogen (secondary N) is 2. The second-order valence-corrected chi connectivity index (χ2v) is 15.4. The van der Waals surface area contributed by atoms with Gasteiger partial charge < -0.3 is 10.8 Å². The largest absolute Gasteiger partial charge is 0.300 e. The van der Waals surface area contributed by atoms with Gasteiger partial charge in [0.15, 0.2) is 0 Å². The molecule has 1 atom stereocenters.